The number of ketones is 1. The highest BCUT2D eigenvalue weighted by Gasteiger charge is 2.32. The highest BCUT2D eigenvalue weighted by Crippen LogP contribution is 2.21. The average molecular weight is 405 g/mol. The molecule has 1 aliphatic heterocycles. The number of hydrogen-bond donors (Lipinski definition) is 1. The first-order valence-corrected chi connectivity index (χ1v) is 11.1. The lowest BCUT2D eigenvalue weighted by Gasteiger charge is -2.31. The monoisotopic (exact) mass is 404 g/mol. The second-order valence-electron chi connectivity index (χ2n) is 7.87. The minimum atomic E-state index is -3.49. The third-order valence-electron chi connectivity index (χ3n) is 5.86. The highest BCUT2D eigenvalue weighted by molar-refractivity contribution is 7.89. The Labute approximate surface area is 167 Å². The van der Waals surface area contributed by atoms with Crippen molar-refractivity contribution in [2.75, 3.05) is 32.7 Å². The van der Waals surface area contributed by atoms with Gasteiger partial charge in [-0.3, -0.25) is 4.79 Å². The van der Waals surface area contributed by atoms with Gasteiger partial charge in [-0.15, -0.1) is 0 Å². The van der Waals surface area contributed by atoms with E-state index in [1.54, 1.807) is 10.4 Å². The summed E-state index contributed by atoms with van der Waals surface area (Å²) in [6, 6.07) is 7.38. The SMILES string of the molecule is Cc1ccc(S(=O)(=O)N2CC[NH+](CC(=O)c3cc(C)n(C)c3C)CC2)c(C)c1. The van der Waals surface area contributed by atoms with Gasteiger partial charge in [-0.25, -0.2) is 8.42 Å². The van der Waals surface area contributed by atoms with Crippen LogP contribution in [0.1, 0.15) is 32.9 Å². The molecule has 1 N–H and O–H groups in total. The van der Waals surface area contributed by atoms with E-state index in [-0.39, 0.29) is 5.78 Å². The van der Waals surface area contributed by atoms with Gasteiger partial charge >= 0.3 is 0 Å². The zero-order chi connectivity index (χ0) is 20.6. The van der Waals surface area contributed by atoms with Crippen LogP contribution >= 0.6 is 0 Å². The molecule has 1 aromatic carbocycles. The van der Waals surface area contributed by atoms with Crippen molar-refractivity contribution in [3.05, 3.63) is 52.3 Å². The number of sulfonamides is 1. The molecule has 0 unspecified atom stereocenters. The number of carbonyl (C=O) groups excluding carboxylic acids is 1. The number of hydrogen-bond acceptors (Lipinski definition) is 3. The summed E-state index contributed by atoms with van der Waals surface area (Å²) in [7, 11) is -1.53. The van der Waals surface area contributed by atoms with Crippen LogP contribution < -0.4 is 4.90 Å². The molecule has 2 heterocycles. The molecule has 0 spiro atoms. The molecule has 6 nitrogen and oxygen atoms in total. The molecule has 0 atom stereocenters. The zero-order valence-electron chi connectivity index (χ0n) is 17.4. The summed E-state index contributed by atoms with van der Waals surface area (Å²) in [5.41, 5.74) is 4.66. The van der Waals surface area contributed by atoms with Crippen LogP contribution in [0.25, 0.3) is 0 Å². The first-order chi connectivity index (χ1) is 13.1. The first-order valence-electron chi connectivity index (χ1n) is 9.68. The van der Waals surface area contributed by atoms with Gasteiger partial charge in [0.25, 0.3) is 0 Å². The van der Waals surface area contributed by atoms with E-state index in [1.807, 2.05) is 57.5 Å². The van der Waals surface area contributed by atoms with Crippen molar-refractivity contribution in [3.63, 3.8) is 0 Å². The van der Waals surface area contributed by atoms with Gasteiger partial charge in [-0.1, -0.05) is 17.7 Å². The fourth-order valence-electron chi connectivity index (χ4n) is 3.91. The number of nitrogens with zero attached hydrogens (tertiary/aromatic N) is 2. The molecule has 0 aliphatic carbocycles. The van der Waals surface area contributed by atoms with Gasteiger partial charge in [0.05, 0.1) is 31.1 Å². The Hall–Kier alpha value is -1.96. The summed E-state index contributed by atoms with van der Waals surface area (Å²) in [6.07, 6.45) is 0. The predicted octanol–water partition coefficient (Wildman–Crippen LogP) is 1.03. The summed E-state index contributed by atoms with van der Waals surface area (Å²) in [6.45, 7) is 10.3. The van der Waals surface area contributed by atoms with Crippen molar-refractivity contribution < 1.29 is 18.1 Å². The average Bonchev–Trinajstić information content (AvgIpc) is 2.89. The number of rotatable bonds is 5. The van der Waals surface area contributed by atoms with E-state index in [2.05, 4.69) is 0 Å². The lowest BCUT2D eigenvalue weighted by Crippen LogP contribution is -3.15. The number of aryl methyl sites for hydroxylation is 3. The first kappa shape index (κ1) is 20.8. The maximum absolute atomic E-state index is 13.0. The molecule has 1 aromatic heterocycles. The third kappa shape index (κ3) is 3.92. The number of nitrogens with one attached hydrogen (secondary N) is 1. The van der Waals surface area contributed by atoms with Crippen molar-refractivity contribution in [3.8, 4) is 0 Å². The Morgan fingerprint density at radius 3 is 2.25 bits per heavy atom. The molecule has 7 heteroatoms. The van der Waals surface area contributed by atoms with Gasteiger partial charge in [0.2, 0.25) is 15.8 Å². The van der Waals surface area contributed by atoms with Crippen LogP contribution in [0, 0.1) is 27.7 Å². The predicted molar refractivity (Wildman–Crippen MR) is 109 cm³/mol. The van der Waals surface area contributed by atoms with Crippen molar-refractivity contribution in [1.29, 1.82) is 0 Å². The van der Waals surface area contributed by atoms with E-state index in [0.29, 0.717) is 37.6 Å². The van der Waals surface area contributed by atoms with Gasteiger partial charge in [-0.2, -0.15) is 4.31 Å². The van der Waals surface area contributed by atoms with E-state index in [9.17, 15) is 13.2 Å². The van der Waals surface area contributed by atoms with Gasteiger partial charge < -0.3 is 9.47 Å². The number of piperazine rings is 1. The minimum Gasteiger partial charge on any atom is -0.351 e. The highest BCUT2D eigenvalue weighted by atomic mass is 32.2. The normalized spacial score (nSPS) is 16.5. The Bertz CT molecular complexity index is 1000. The number of benzene rings is 1. The second kappa shape index (κ2) is 7.81. The van der Waals surface area contributed by atoms with E-state index in [4.69, 9.17) is 0 Å². The quantitative estimate of drug-likeness (QED) is 0.757. The van der Waals surface area contributed by atoms with Crippen molar-refractivity contribution >= 4 is 15.8 Å². The maximum Gasteiger partial charge on any atom is 0.243 e. The molecule has 0 bridgehead atoms. The van der Waals surface area contributed by atoms with E-state index in [1.165, 1.54) is 0 Å². The lowest BCUT2D eigenvalue weighted by atomic mass is 10.1. The third-order valence-corrected chi connectivity index (χ3v) is 7.92. The molecule has 1 saturated heterocycles. The largest absolute Gasteiger partial charge is 0.351 e. The van der Waals surface area contributed by atoms with Gasteiger partial charge in [0.15, 0.2) is 0 Å². The van der Waals surface area contributed by atoms with Gasteiger partial charge in [-0.05, 0) is 45.4 Å². The summed E-state index contributed by atoms with van der Waals surface area (Å²) >= 11 is 0. The van der Waals surface area contributed by atoms with Crippen LogP contribution in [0.5, 0.6) is 0 Å². The molecule has 1 aliphatic rings. The van der Waals surface area contributed by atoms with Crippen molar-refractivity contribution in [2.45, 2.75) is 32.6 Å². The molecule has 152 valence electrons. The van der Waals surface area contributed by atoms with Gasteiger partial charge in [0.1, 0.15) is 6.54 Å². The smallest absolute Gasteiger partial charge is 0.243 e. The van der Waals surface area contributed by atoms with E-state index >= 15 is 0 Å². The molecule has 1 fully saturated rings. The second-order valence-corrected chi connectivity index (χ2v) is 9.77. The number of Topliss-reactive ketones (excluding diaryl/α,β-unsaturated/α-hetero) is 1. The molecule has 2 aromatic rings. The molecule has 0 amide bonds. The molecular formula is C21H30N3O3S+. The fourth-order valence-corrected chi connectivity index (χ4v) is 5.55. The fraction of sp³-hybridized carbons (Fsp3) is 0.476. The Morgan fingerprint density at radius 2 is 1.71 bits per heavy atom. The number of carbonyl (C=O) groups is 1. The Morgan fingerprint density at radius 1 is 1.07 bits per heavy atom. The molecule has 0 saturated carbocycles. The van der Waals surface area contributed by atoms with Crippen LogP contribution in [0.2, 0.25) is 0 Å². The lowest BCUT2D eigenvalue weighted by molar-refractivity contribution is -0.895. The Kier molecular flexibility index (Phi) is 5.79. The van der Waals surface area contributed by atoms with Crippen LogP contribution in [0.3, 0.4) is 0 Å². The zero-order valence-corrected chi connectivity index (χ0v) is 18.2. The maximum atomic E-state index is 13.0. The summed E-state index contributed by atoms with van der Waals surface area (Å²) < 4.78 is 29.6. The van der Waals surface area contributed by atoms with E-state index < -0.39 is 10.0 Å². The Balaban J connectivity index is 1.65. The molecule has 0 radical (unpaired) electrons. The van der Waals surface area contributed by atoms with Crippen LogP contribution in [-0.2, 0) is 17.1 Å². The molecule has 28 heavy (non-hydrogen) atoms. The van der Waals surface area contributed by atoms with Crippen LogP contribution in [0.4, 0.5) is 0 Å². The molecular weight excluding hydrogens is 374 g/mol. The van der Waals surface area contributed by atoms with Crippen molar-refractivity contribution in [2.24, 2.45) is 7.05 Å². The topological polar surface area (TPSA) is 63.8 Å². The number of quaternary nitrogens is 1. The summed E-state index contributed by atoms with van der Waals surface area (Å²) in [5, 5.41) is 0. The minimum absolute atomic E-state index is 0.127. The standard InChI is InChI=1S/C21H29N3O3S/c1-15-6-7-21(16(2)12-15)28(26,27)24-10-8-23(9-11-24)14-20(25)19-13-17(3)22(5)18(19)4/h6-7,12-13H,8-11,14H2,1-5H3/p+1. The van der Waals surface area contributed by atoms with E-state index in [0.717, 1.165) is 33.0 Å². The van der Waals surface area contributed by atoms with Crippen LogP contribution in [0.15, 0.2) is 29.2 Å². The molecule has 3 rings (SSSR count). The van der Waals surface area contributed by atoms with Gasteiger partial charge in [0, 0.05) is 24.0 Å². The summed E-state index contributed by atoms with van der Waals surface area (Å²) in [5.74, 6) is 0.127. The summed E-state index contributed by atoms with van der Waals surface area (Å²) in [4.78, 5) is 14.2. The van der Waals surface area contributed by atoms with Crippen molar-refractivity contribution in [1.82, 2.24) is 8.87 Å². The van der Waals surface area contributed by atoms with Crippen LogP contribution in [-0.4, -0.2) is 55.8 Å². The number of aromatic nitrogens is 1.